The van der Waals surface area contributed by atoms with Crippen LogP contribution in [0, 0.1) is 11.3 Å². The average molecular weight is 468 g/mol. The summed E-state index contributed by atoms with van der Waals surface area (Å²) in [5.41, 5.74) is 1.94. The molecule has 1 heterocycles. The molecular formula is C23H18ClN3O4S. The summed E-state index contributed by atoms with van der Waals surface area (Å²) < 4.78 is 29.0. The minimum absolute atomic E-state index is 0.0137. The van der Waals surface area contributed by atoms with Crippen molar-refractivity contribution in [3.8, 4) is 17.6 Å². The molecule has 1 aliphatic rings. The molecule has 3 aromatic rings. The molecule has 0 saturated carbocycles. The lowest BCUT2D eigenvalue weighted by Gasteiger charge is -2.19. The van der Waals surface area contributed by atoms with Gasteiger partial charge in [-0.3, -0.25) is 4.79 Å². The number of benzene rings is 3. The SMILES string of the molecule is N#Cc1ccc(Oc2cc(Cl)ccc2C2CC(=O)N(c3ccc(S(N)(=O)=O)cc3)C2)cc1. The van der Waals surface area contributed by atoms with Gasteiger partial charge in [-0.1, -0.05) is 17.7 Å². The van der Waals surface area contributed by atoms with E-state index in [2.05, 4.69) is 6.07 Å². The summed E-state index contributed by atoms with van der Waals surface area (Å²) in [5, 5.41) is 14.6. The van der Waals surface area contributed by atoms with E-state index in [1.54, 1.807) is 53.4 Å². The molecule has 0 spiro atoms. The van der Waals surface area contributed by atoms with Crippen molar-refractivity contribution in [2.24, 2.45) is 5.14 Å². The van der Waals surface area contributed by atoms with Crippen LogP contribution in [0.4, 0.5) is 5.69 Å². The third-order valence-electron chi connectivity index (χ3n) is 5.23. The second-order valence-corrected chi connectivity index (χ2v) is 9.36. The molecule has 1 fully saturated rings. The van der Waals surface area contributed by atoms with E-state index < -0.39 is 10.0 Å². The van der Waals surface area contributed by atoms with E-state index in [1.165, 1.54) is 12.1 Å². The summed E-state index contributed by atoms with van der Waals surface area (Å²) in [7, 11) is -3.80. The fourth-order valence-electron chi connectivity index (χ4n) is 3.64. The van der Waals surface area contributed by atoms with Crippen molar-refractivity contribution in [2.75, 3.05) is 11.4 Å². The number of amides is 1. The number of nitriles is 1. The van der Waals surface area contributed by atoms with Gasteiger partial charge in [0, 0.05) is 35.2 Å². The maximum Gasteiger partial charge on any atom is 0.238 e. The van der Waals surface area contributed by atoms with Crippen LogP contribution in [0.5, 0.6) is 11.5 Å². The third kappa shape index (κ3) is 4.60. The van der Waals surface area contributed by atoms with Crippen LogP contribution in [0.25, 0.3) is 0 Å². The predicted octanol–water partition coefficient (Wildman–Crippen LogP) is 4.17. The van der Waals surface area contributed by atoms with Crippen LogP contribution in [0.1, 0.15) is 23.5 Å². The van der Waals surface area contributed by atoms with Crippen LogP contribution >= 0.6 is 11.6 Å². The molecule has 2 N–H and O–H groups in total. The summed E-state index contributed by atoms with van der Waals surface area (Å²) in [6.45, 7) is 0.402. The first kappa shape index (κ1) is 21.8. The van der Waals surface area contributed by atoms with Gasteiger partial charge in [-0.2, -0.15) is 5.26 Å². The van der Waals surface area contributed by atoms with Gasteiger partial charge < -0.3 is 9.64 Å². The molecule has 1 amide bonds. The normalized spacial score (nSPS) is 16.1. The largest absolute Gasteiger partial charge is 0.457 e. The second kappa shape index (κ2) is 8.63. The molecule has 162 valence electrons. The Balaban J connectivity index is 1.59. The van der Waals surface area contributed by atoms with Crippen molar-refractivity contribution in [1.29, 1.82) is 5.26 Å². The zero-order chi connectivity index (χ0) is 22.9. The molecule has 1 unspecified atom stereocenters. The number of carbonyl (C=O) groups is 1. The molecule has 1 aliphatic heterocycles. The first-order valence-corrected chi connectivity index (χ1v) is 11.6. The number of halogens is 1. The van der Waals surface area contributed by atoms with Crippen LogP contribution in [0.2, 0.25) is 5.02 Å². The van der Waals surface area contributed by atoms with Crippen molar-refractivity contribution in [3.05, 3.63) is 82.9 Å². The Labute approximate surface area is 190 Å². The number of hydrogen-bond donors (Lipinski definition) is 1. The number of ether oxygens (including phenoxy) is 1. The Morgan fingerprint density at radius 3 is 2.38 bits per heavy atom. The van der Waals surface area contributed by atoms with Gasteiger partial charge in [-0.15, -0.1) is 0 Å². The molecule has 0 radical (unpaired) electrons. The lowest BCUT2D eigenvalue weighted by atomic mass is 9.97. The monoisotopic (exact) mass is 467 g/mol. The van der Waals surface area contributed by atoms with E-state index in [0.717, 1.165) is 5.56 Å². The van der Waals surface area contributed by atoms with Crippen molar-refractivity contribution in [1.82, 2.24) is 0 Å². The highest BCUT2D eigenvalue weighted by Gasteiger charge is 2.33. The highest BCUT2D eigenvalue weighted by Crippen LogP contribution is 2.39. The van der Waals surface area contributed by atoms with Gasteiger partial charge >= 0.3 is 0 Å². The summed E-state index contributed by atoms with van der Waals surface area (Å²) >= 11 is 6.18. The Bertz CT molecular complexity index is 1320. The lowest BCUT2D eigenvalue weighted by Crippen LogP contribution is -2.24. The van der Waals surface area contributed by atoms with Crippen molar-refractivity contribution in [3.63, 3.8) is 0 Å². The molecular weight excluding hydrogens is 450 g/mol. The smallest absolute Gasteiger partial charge is 0.238 e. The quantitative estimate of drug-likeness (QED) is 0.604. The molecule has 3 aromatic carbocycles. The van der Waals surface area contributed by atoms with Crippen LogP contribution in [-0.2, 0) is 14.8 Å². The van der Waals surface area contributed by atoms with E-state index in [0.29, 0.717) is 34.3 Å². The number of hydrogen-bond acceptors (Lipinski definition) is 5. The number of nitrogens with two attached hydrogens (primary N) is 1. The molecule has 1 atom stereocenters. The minimum atomic E-state index is -3.80. The molecule has 9 heteroatoms. The van der Waals surface area contributed by atoms with E-state index in [9.17, 15) is 13.2 Å². The molecule has 1 saturated heterocycles. The predicted molar refractivity (Wildman–Crippen MR) is 120 cm³/mol. The van der Waals surface area contributed by atoms with E-state index >= 15 is 0 Å². The second-order valence-electron chi connectivity index (χ2n) is 7.36. The molecule has 0 bridgehead atoms. The van der Waals surface area contributed by atoms with Crippen LogP contribution in [0.15, 0.2) is 71.6 Å². The lowest BCUT2D eigenvalue weighted by molar-refractivity contribution is -0.117. The first-order valence-electron chi connectivity index (χ1n) is 9.65. The Morgan fingerprint density at radius 1 is 1.06 bits per heavy atom. The summed E-state index contributed by atoms with van der Waals surface area (Å²) in [4.78, 5) is 14.3. The summed E-state index contributed by atoms with van der Waals surface area (Å²) in [6, 6.07) is 19.9. The molecule has 7 nitrogen and oxygen atoms in total. The number of rotatable bonds is 5. The van der Waals surface area contributed by atoms with Crippen molar-refractivity contribution >= 4 is 33.2 Å². The fourth-order valence-corrected chi connectivity index (χ4v) is 4.32. The van der Waals surface area contributed by atoms with Gasteiger partial charge in [0.05, 0.1) is 16.5 Å². The highest BCUT2D eigenvalue weighted by molar-refractivity contribution is 7.89. The maximum atomic E-state index is 12.7. The Morgan fingerprint density at radius 2 is 1.75 bits per heavy atom. The minimum Gasteiger partial charge on any atom is -0.457 e. The Hall–Kier alpha value is -3.38. The average Bonchev–Trinajstić information content (AvgIpc) is 3.15. The highest BCUT2D eigenvalue weighted by atomic mass is 35.5. The fraction of sp³-hybridized carbons (Fsp3) is 0.130. The number of anilines is 1. The van der Waals surface area contributed by atoms with Crippen molar-refractivity contribution < 1.29 is 17.9 Å². The van der Waals surface area contributed by atoms with Crippen LogP contribution < -0.4 is 14.8 Å². The van der Waals surface area contributed by atoms with E-state index in [1.807, 2.05) is 6.07 Å². The van der Waals surface area contributed by atoms with Crippen molar-refractivity contribution in [2.45, 2.75) is 17.2 Å². The molecule has 0 aliphatic carbocycles. The van der Waals surface area contributed by atoms with E-state index in [4.69, 9.17) is 26.7 Å². The van der Waals surface area contributed by atoms with E-state index in [-0.39, 0.29) is 23.1 Å². The zero-order valence-electron chi connectivity index (χ0n) is 16.7. The van der Waals surface area contributed by atoms with Gasteiger partial charge in [0.15, 0.2) is 0 Å². The van der Waals surface area contributed by atoms with Crippen LogP contribution in [-0.4, -0.2) is 20.9 Å². The van der Waals surface area contributed by atoms with Gasteiger partial charge in [-0.05, 0) is 60.7 Å². The standard InChI is InChI=1S/C23H18ClN3O4S/c24-17-3-10-21(22(12-17)31-19-6-1-15(13-25)2-7-19)16-11-23(28)27(14-16)18-4-8-20(9-5-18)32(26,29)30/h1-10,12,16H,11,14H2,(H2,26,29,30). The molecule has 32 heavy (non-hydrogen) atoms. The number of nitrogens with zero attached hydrogens (tertiary/aromatic N) is 2. The topological polar surface area (TPSA) is 113 Å². The molecule has 4 rings (SSSR count). The summed E-state index contributed by atoms with van der Waals surface area (Å²) in [5.74, 6) is 0.849. The maximum absolute atomic E-state index is 12.7. The zero-order valence-corrected chi connectivity index (χ0v) is 18.3. The molecule has 0 aromatic heterocycles. The van der Waals surface area contributed by atoms with Gasteiger partial charge in [0.2, 0.25) is 15.9 Å². The first-order chi connectivity index (χ1) is 15.2. The number of carbonyl (C=O) groups excluding carboxylic acids is 1. The third-order valence-corrected chi connectivity index (χ3v) is 6.39. The van der Waals surface area contributed by atoms with Crippen LogP contribution in [0.3, 0.4) is 0 Å². The van der Waals surface area contributed by atoms with Gasteiger partial charge in [0.25, 0.3) is 0 Å². The van der Waals surface area contributed by atoms with Gasteiger partial charge in [-0.25, -0.2) is 13.6 Å². The number of primary sulfonamides is 1. The van der Waals surface area contributed by atoms with Gasteiger partial charge in [0.1, 0.15) is 11.5 Å². The number of sulfonamides is 1. The Kier molecular flexibility index (Phi) is 5.89. The summed E-state index contributed by atoms with van der Waals surface area (Å²) in [6.07, 6.45) is 0.266.